The topological polar surface area (TPSA) is 74.0 Å². The second kappa shape index (κ2) is 5.89. The summed E-state index contributed by atoms with van der Waals surface area (Å²) in [5, 5.41) is 6.26. The molecule has 5 aromatic heterocycles. The molecule has 0 saturated heterocycles. The Bertz CT molecular complexity index is 1150. The van der Waals surface area contributed by atoms with Gasteiger partial charge in [-0.1, -0.05) is 17.4 Å². The molecule has 0 amide bonds. The quantitative estimate of drug-likeness (QED) is 0.464. The highest BCUT2D eigenvalue weighted by molar-refractivity contribution is 7.14. The Hall–Kier alpha value is -2.78. The second-order valence-electron chi connectivity index (χ2n) is 5.87. The van der Waals surface area contributed by atoms with Crippen molar-refractivity contribution >= 4 is 27.6 Å². The van der Waals surface area contributed by atoms with Crippen molar-refractivity contribution in [3.05, 3.63) is 53.1 Å². The lowest BCUT2D eigenvalue weighted by molar-refractivity contribution is 0.543. The standard InChI is InChI=1S/C17H14N6OS2/c1-10(12-8-23-17(20-12)26-9-19-23)22-6-5-18-15(22)14-11(2)24-16(21-14)13-4-3-7-25-13/h3-10H,1-2H3/t10-/m1/s1. The van der Waals surface area contributed by atoms with Gasteiger partial charge >= 0.3 is 0 Å². The van der Waals surface area contributed by atoms with Crippen LogP contribution in [-0.2, 0) is 0 Å². The third-order valence-electron chi connectivity index (χ3n) is 4.26. The molecule has 9 heteroatoms. The summed E-state index contributed by atoms with van der Waals surface area (Å²) < 4.78 is 9.74. The van der Waals surface area contributed by atoms with Crippen molar-refractivity contribution in [1.82, 2.24) is 29.1 Å². The molecule has 0 aromatic carbocycles. The van der Waals surface area contributed by atoms with Crippen LogP contribution >= 0.6 is 22.7 Å². The molecule has 0 bridgehead atoms. The number of aromatic nitrogens is 6. The summed E-state index contributed by atoms with van der Waals surface area (Å²) in [6, 6.07) is 3.99. The Balaban J connectivity index is 1.56. The van der Waals surface area contributed by atoms with E-state index in [0.29, 0.717) is 5.89 Å². The lowest BCUT2D eigenvalue weighted by Gasteiger charge is -2.13. The number of imidazole rings is 2. The molecule has 130 valence electrons. The molecule has 5 aromatic rings. The van der Waals surface area contributed by atoms with Gasteiger partial charge in [0.1, 0.15) is 17.0 Å². The molecule has 5 heterocycles. The normalized spacial score (nSPS) is 12.8. The van der Waals surface area contributed by atoms with Gasteiger partial charge in [-0.3, -0.25) is 0 Å². The first-order valence-corrected chi connectivity index (χ1v) is 9.80. The zero-order valence-electron chi connectivity index (χ0n) is 14.0. The molecular formula is C17H14N6OS2. The van der Waals surface area contributed by atoms with Gasteiger partial charge in [-0.2, -0.15) is 5.10 Å². The fourth-order valence-electron chi connectivity index (χ4n) is 2.92. The van der Waals surface area contributed by atoms with Crippen LogP contribution in [0.2, 0.25) is 0 Å². The van der Waals surface area contributed by atoms with Crippen molar-refractivity contribution in [3.8, 4) is 22.3 Å². The predicted molar refractivity (Wildman–Crippen MR) is 100 cm³/mol. The fraction of sp³-hybridized carbons (Fsp3) is 0.176. The number of nitrogens with zero attached hydrogens (tertiary/aromatic N) is 6. The Labute approximate surface area is 156 Å². The van der Waals surface area contributed by atoms with E-state index in [0.717, 1.165) is 32.8 Å². The van der Waals surface area contributed by atoms with Gasteiger partial charge < -0.3 is 8.98 Å². The minimum atomic E-state index is 0.00249. The number of aryl methyl sites for hydroxylation is 1. The summed E-state index contributed by atoms with van der Waals surface area (Å²) in [6.45, 7) is 4.01. The van der Waals surface area contributed by atoms with Gasteiger partial charge in [0.2, 0.25) is 10.9 Å². The summed E-state index contributed by atoms with van der Waals surface area (Å²) in [5.74, 6) is 2.15. The van der Waals surface area contributed by atoms with E-state index in [4.69, 9.17) is 4.42 Å². The third-order valence-corrected chi connectivity index (χ3v) is 5.81. The summed E-state index contributed by atoms with van der Waals surface area (Å²) in [7, 11) is 0. The minimum absolute atomic E-state index is 0.00249. The van der Waals surface area contributed by atoms with Crippen LogP contribution in [0.3, 0.4) is 0 Å². The van der Waals surface area contributed by atoms with Gasteiger partial charge in [-0.15, -0.1) is 11.3 Å². The number of fused-ring (bicyclic) bond motifs is 1. The highest BCUT2D eigenvalue weighted by atomic mass is 32.1. The molecular weight excluding hydrogens is 368 g/mol. The van der Waals surface area contributed by atoms with Crippen molar-refractivity contribution in [2.24, 2.45) is 0 Å². The summed E-state index contributed by atoms with van der Waals surface area (Å²) in [5.41, 5.74) is 3.47. The van der Waals surface area contributed by atoms with Crippen LogP contribution in [0.5, 0.6) is 0 Å². The van der Waals surface area contributed by atoms with E-state index >= 15 is 0 Å². The monoisotopic (exact) mass is 382 g/mol. The van der Waals surface area contributed by atoms with Crippen LogP contribution in [0.4, 0.5) is 0 Å². The van der Waals surface area contributed by atoms with Gasteiger partial charge in [0.05, 0.1) is 22.8 Å². The van der Waals surface area contributed by atoms with Crippen LogP contribution < -0.4 is 0 Å². The van der Waals surface area contributed by atoms with E-state index in [2.05, 4.69) is 31.5 Å². The number of rotatable bonds is 4. The van der Waals surface area contributed by atoms with Crippen molar-refractivity contribution in [2.75, 3.05) is 0 Å². The highest BCUT2D eigenvalue weighted by Crippen LogP contribution is 2.32. The van der Waals surface area contributed by atoms with Crippen molar-refractivity contribution in [2.45, 2.75) is 19.9 Å². The third kappa shape index (κ3) is 2.39. The Morgan fingerprint density at radius 2 is 2.15 bits per heavy atom. The van der Waals surface area contributed by atoms with Crippen LogP contribution in [0.1, 0.15) is 24.4 Å². The number of hydrogen-bond acceptors (Lipinski definition) is 7. The molecule has 0 aliphatic heterocycles. The molecule has 0 aliphatic carbocycles. The molecule has 26 heavy (non-hydrogen) atoms. The molecule has 0 radical (unpaired) electrons. The molecule has 1 atom stereocenters. The SMILES string of the molecule is Cc1oc(-c2cccs2)nc1-c1nccn1[C@H](C)c1cn2ncsc2n1. The molecule has 0 saturated carbocycles. The minimum Gasteiger partial charge on any atom is -0.440 e. The van der Waals surface area contributed by atoms with Crippen LogP contribution in [0.25, 0.3) is 27.2 Å². The van der Waals surface area contributed by atoms with Crippen LogP contribution in [0.15, 0.2) is 46.0 Å². The van der Waals surface area contributed by atoms with Crippen molar-refractivity contribution < 1.29 is 4.42 Å². The zero-order valence-corrected chi connectivity index (χ0v) is 15.7. The Morgan fingerprint density at radius 3 is 2.96 bits per heavy atom. The van der Waals surface area contributed by atoms with E-state index in [1.54, 1.807) is 27.6 Å². The highest BCUT2D eigenvalue weighted by Gasteiger charge is 2.22. The lowest BCUT2D eigenvalue weighted by atomic mass is 10.2. The van der Waals surface area contributed by atoms with Gasteiger partial charge in [-0.05, 0) is 25.3 Å². The van der Waals surface area contributed by atoms with Gasteiger partial charge in [0.15, 0.2) is 5.82 Å². The first-order valence-electron chi connectivity index (χ1n) is 8.04. The van der Waals surface area contributed by atoms with E-state index in [9.17, 15) is 0 Å². The maximum Gasteiger partial charge on any atom is 0.237 e. The van der Waals surface area contributed by atoms with Crippen molar-refractivity contribution in [3.63, 3.8) is 0 Å². The first kappa shape index (κ1) is 15.5. The fourth-order valence-corrected chi connectivity index (χ4v) is 4.18. The maximum absolute atomic E-state index is 5.88. The van der Waals surface area contributed by atoms with Gasteiger partial charge in [-0.25, -0.2) is 19.5 Å². The summed E-state index contributed by atoms with van der Waals surface area (Å²) in [6.07, 6.45) is 5.67. The number of thiophene rings is 1. The summed E-state index contributed by atoms with van der Waals surface area (Å²) in [4.78, 5) is 15.8. The average molecular weight is 382 g/mol. The molecule has 0 aliphatic rings. The number of oxazole rings is 1. The lowest BCUT2D eigenvalue weighted by Crippen LogP contribution is -2.08. The first-order chi connectivity index (χ1) is 12.7. The molecule has 0 fully saturated rings. The smallest absolute Gasteiger partial charge is 0.237 e. The second-order valence-corrected chi connectivity index (χ2v) is 7.63. The van der Waals surface area contributed by atoms with Gasteiger partial charge in [0.25, 0.3) is 0 Å². The predicted octanol–water partition coefficient (Wildman–Crippen LogP) is 4.29. The van der Waals surface area contributed by atoms with Crippen molar-refractivity contribution in [1.29, 1.82) is 0 Å². The molecule has 0 unspecified atom stereocenters. The van der Waals surface area contributed by atoms with E-state index < -0.39 is 0 Å². The van der Waals surface area contributed by atoms with E-state index in [-0.39, 0.29) is 6.04 Å². The Morgan fingerprint density at radius 1 is 1.23 bits per heavy atom. The maximum atomic E-state index is 5.88. The molecule has 0 N–H and O–H groups in total. The van der Waals surface area contributed by atoms with E-state index in [1.807, 2.05) is 36.8 Å². The summed E-state index contributed by atoms with van der Waals surface area (Å²) >= 11 is 3.12. The zero-order chi connectivity index (χ0) is 17.7. The van der Waals surface area contributed by atoms with E-state index in [1.165, 1.54) is 11.3 Å². The average Bonchev–Trinajstić information content (AvgIpc) is 3.38. The number of hydrogen-bond donors (Lipinski definition) is 0. The largest absolute Gasteiger partial charge is 0.440 e. The Kier molecular flexibility index (Phi) is 3.50. The van der Waals surface area contributed by atoms with Crippen LogP contribution in [-0.4, -0.2) is 29.1 Å². The van der Waals surface area contributed by atoms with Crippen LogP contribution in [0, 0.1) is 6.92 Å². The molecule has 5 rings (SSSR count). The molecule has 0 spiro atoms. The van der Waals surface area contributed by atoms with Gasteiger partial charge in [0, 0.05) is 12.4 Å². The molecule has 7 nitrogen and oxygen atoms in total.